The first kappa shape index (κ1) is 37.2. The van der Waals surface area contributed by atoms with Crippen molar-refractivity contribution in [2.75, 3.05) is 13.2 Å². The van der Waals surface area contributed by atoms with Crippen molar-refractivity contribution < 1.29 is 39.8 Å². The van der Waals surface area contributed by atoms with E-state index < -0.39 is 49.5 Å². The van der Waals surface area contributed by atoms with Gasteiger partial charge in [0.05, 0.1) is 25.4 Å². The lowest BCUT2D eigenvalue weighted by molar-refractivity contribution is -0.302. The van der Waals surface area contributed by atoms with Crippen LogP contribution in [0.2, 0.25) is 0 Å². The monoisotopic (exact) mass is 575 g/mol. The molecule has 0 saturated carbocycles. The summed E-state index contributed by atoms with van der Waals surface area (Å²) in [7, 11) is 0. The van der Waals surface area contributed by atoms with Crippen molar-refractivity contribution in [3.63, 3.8) is 0 Å². The Bertz CT molecular complexity index is 608. The highest BCUT2D eigenvalue weighted by molar-refractivity contribution is 5.76. The second-order valence-corrected chi connectivity index (χ2v) is 11.6. The molecule has 9 heteroatoms. The first-order valence-corrected chi connectivity index (χ1v) is 16.2. The fourth-order valence-corrected chi connectivity index (χ4v) is 5.22. The number of unbranched alkanes of at least 4 members (excludes halogenated alkanes) is 15. The molecule has 1 fully saturated rings. The molecule has 238 valence electrons. The molecule has 0 aromatic rings. The number of carbonyl (C=O) groups is 1. The van der Waals surface area contributed by atoms with Gasteiger partial charge in [-0.25, -0.2) is 0 Å². The average molecular weight is 576 g/mol. The lowest BCUT2D eigenvalue weighted by Crippen LogP contribution is -2.60. The molecule has 0 radical (unpaired) electrons. The molecule has 7 atom stereocenters. The first-order valence-electron chi connectivity index (χ1n) is 16.2. The van der Waals surface area contributed by atoms with Crippen LogP contribution in [0.1, 0.15) is 136 Å². The van der Waals surface area contributed by atoms with Gasteiger partial charge in [-0.05, 0) is 12.8 Å². The molecule has 1 saturated heterocycles. The van der Waals surface area contributed by atoms with Crippen LogP contribution in [0.4, 0.5) is 0 Å². The summed E-state index contributed by atoms with van der Waals surface area (Å²) in [6, 6.07) is -0.705. The molecule has 0 spiro atoms. The lowest BCUT2D eigenvalue weighted by atomic mass is 9.99. The van der Waals surface area contributed by atoms with Crippen molar-refractivity contribution in [3.05, 3.63) is 0 Å². The Labute approximate surface area is 243 Å². The van der Waals surface area contributed by atoms with E-state index in [1.54, 1.807) is 0 Å². The fourth-order valence-electron chi connectivity index (χ4n) is 5.22. The molecule has 0 aromatic heterocycles. The first-order chi connectivity index (χ1) is 19.3. The highest BCUT2D eigenvalue weighted by Gasteiger charge is 2.44. The standard InChI is InChI=1S/C31H61NO8/c1-3-5-7-9-10-11-12-13-14-15-17-18-20-25(34)24(32-27(35)21-19-16-8-6-4-2)23-39-31-30(38)29(37)28(36)26(22-33)40-31/h24-26,28-31,33-34,36-38H,3-23H2,1-2H3,(H,32,35). The highest BCUT2D eigenvalue weighted by atomic mass is 16.7. The molecule has 1 heterocycles. The van der Waals surface area contributed by atoms with Gasteiger partial charge in [-0.1, -0.05) is 117 Å². The van der Waals surface area contributed by atoms with Gasteiger partial charge < -0.3 is 40.3 Å². The number of aliphatic hydroxyl groups excluding tert-OH is 5. The van der Waals surface area contributed by atoms with E-state index in [1.165, 1.54) is 57.8 Å². The van der Waals surface area contributed by atoms with E-state index in [0.717, 1.165) is 51.4 Å². The maximum Gasteiger partial charge on any atom is 0.220 e. The van der Waals surface area contributed by atoms with Gasteiger partial charge in [0.2, 0.25) is 5.91 Å². The zero-order chi connectivity index (χ0) is 29.6. The molecular formula is C31H61NO8. The SMILES string of the molecule is CCCCCCCCCCCCCCC(O)C(COC1OC(CO)C(O)C(O)C1O)NC(=O)CCCCCCC. The van der Waals surface area contributed by atoms with E-state index in [2.05, 4.69) is 19.2 Å². The topological polar surface area (TPSA) is 149 Å². The zero-order valence-electron chi connectivity index (χ0n) is 25.4. The number of hydrogen-bond donors (Lipinski definition) is 6. The van der Waals surface area contributed by atoms with Gasteiger partial charge in [-0.2, -0.15) is 0 Å². The number of ether oxygens (including phenoxy) is 2. The smallest absolute Gasteiger partial charge is 0.220 e. The van der Waals surface area contributed by atoms with Gasteiger partial charge in [-0.3, -0.25) is 4.79 Å². The van der Waals surface area contributed by atoms with Crippen molar-refractivity contribution in [2.24, 2.45) is 0 Å². The van der Waals surface area contributed by atoms with Crippen LogP contribution in [0.25, 0.3) is 0 Å². The molecule has 7 unspecified atom stereocenters. The number of carbonyl (C=O) groups excluding carboxylic acids is 1. The Kier molecular flexibility index (Phi) is 22.1. The van der Waals surface area contributed by atoms with E-state index in [-0.39, 0.29) is 12.5 Å². The minimum atomic E-state index is -1.54. The average Bonchev–Trinajstić information content (AvgIpc) is 2.95. The van der Waals surface area contributed by atoms with Crippen LogP contribution in [0.5, 0.6) is 0 Å². The molecule has 9 nitrogen and oxygen atoms in total. The lowest BCUT2D eigenvalue weighted by Gasteiger charge is -2.40. The summed E-state index contributed by atoms with van der Waals surface area (Å²) in [6.45, 7) is 3.70. The predicted molar refractivity (Wildman–Crippen MR) is 157 cm³/mol. The second-order valence-electron chi connectivity index (χ2n) is 11.6. The quantitative estimate of drug-likeness (QED) is 0.0892. The van der Waals surface area contributed by atoms with Crippen molar-refractivity contribution in [3.8, 4) is 0 Å². The number of rotatable bonds is 25. The van der Waals surface area contributed by atoms with Crippen molar-refractivity contribution >= 4 is 5.91 Å². The van der Waals surface area contributed by atoms with Crippen molar-refractivity contribution in [1.82, 2.24) is 5.32 Å². The normalized spacial score (nSPS) is 24.6. The molecular weight excluding hydrogens is 514 g/mol. The molecule has 0 bridgehead atoms. The fraction of sp³-hybridized carbons (Fsp3) is 0.968. The van der Waals surface area contributed by atoms with Gasteiger partial charge >= 0.3 is 0 Å². The molecule has 0 aromatic carbocycles. The summed E-state index contributed by atoms with van der Waals surface area (Å²) in [5, 5.41) is 53.5. The van der Waals surface area contributed by atoms with E-state index in [1.807, 2.05) is 0 Å². The van der Waals surface area contributed by atoms with Crippen LogP contribution in [0.15, 0.2) is 0 Å². The molecule has 1 aliphatic rings. The molecule has 0 aliphatic carbocycles. The maximum atomic E-state index is 12.6. The number of nitrogens with one attached hydrogen (secondary N) is 1. The van der Waals surface area contributed by atoms with E-state index >= 15 is 0 Å². The Morgan fingerprint density at radius 3 is 1.77 bits per heavy atom. The maximum absolute atomic E-state index is 12.6. The molecule has 6 N–H and O–H groups in total. The molecule has 1 rings (SSSR count). The van der Waals surface area contributed by atoms with Crippen LogP contribution in [0.3, 0.4) is 0 Å². The van der Waals surface area contributed by atoms with Gasteiger partial charge in [0, 0.05) is 6.42 Å². The summed E-state index contributed by atoms with van der Waals surface area (Å²) in [5.41, 5.74) is 0. The third-order valence-electron chi connectivity index (χ3n) is 7.96. The van der Waals surface area contributed by atoms with Crippen LogP contribution < -0.4 is 5.32 Å². The zero-order valence-corrected chi connectivity index (χ0v) is 25.4. The van der Waals surface area contributed by atoms with Crippen molar-refractivity contribution in [1.29, 1.82) is 0 Å². The minimum Gasteiger partial charge on any atom is -0.394 e. The van der Waals surface area contributed by atoms with Gasteiger partial charge in [0.15, 0.2) is 6.29 Å². The predicted octanol–water partition coefficient (Wildman–Crippen LogP) is 4.10. The number of amides is 1. The van der Waals surface area contributed by atoms with Crippen LogP contribution in [0, 0.1) is 0 Å². The molecule has 40 heavy (non-hydrogen) atoms. The molecule has 1 amide bonds. The number of aliphatic hydroxyl groups is 5. The third kappa shape index (κ3) is 16.0. The Hall–Kier alpha value is -0.810. The minimum absolute atomic E-state index is 0.135. The summed E-state index contributed by atoms with van der Waals surface area (Å²) < 4.78 is 11.1. The molecule has 1 aliphatic heterocycles. The Morgan fingerprint density at radius 1 is 0.750 bits per heavy atom. The Morgan fingerprint density at radius 2 is 1.25 bits per heavy atom. The van der Waals surface area contributed by atoms with E-state index in [0.29, 0.717) is 12.8 Å². The van der Waals surface area contributed by atoms with Gasteiger partial charge in [0.25, 0.3) is 0 Å². The van der Waals surface area contributed by atoms with Crippen LogP contribution in [-0.4, -0.2) is 87.5 Å². The summed E-state index contributed by atoms with van der Waals surface area (Å²) in [6.07, 6.45) is 12.9. The summed E-state index contributed by atoms with van der Waals surface area (Å²) in [4.78, 5) is 12.6. The van der Waals surface area contributed by atoms with Gasteiger partial charge in [-0.15, -0.1) is 0 Å². The highest BCUT2D eigenvalue weighted by Crippen LogP contribution is 2.23. The van der Waals surface area contributed by atoms with E-state index in [4.69, 9.17) is 9.47 Å². The summed E-state index contributed by atoms with van der Waals surface area (Å²) in [5.74, 6) is -0.160. The second kappa shape index (κ2) is 23.7. The number of hydrogen-bond acceptors (Lipinski definition) is 8. The van der Waals surface area contributed by atoms with Crippen LogP contribution >= 0.6 is 0 Å². The Balaban J connectivity index is 2.46. The third-order valence-corrected chi connectivity index (χ3v) is 7.96. The van der Waals surface area contributed by atoms with Crippen molar-refractivity contribution in [2.45, 2.75) is 179 Å². The van der Waals surface area contributed by atoms with Crippen LogP contribution in [-0.2, 0) is 14.3 Å². The van der Waals surface area contributed by atoms with E-state index in [9.17, 15) is 30.3 Å². The largest absolute Gasteiger partial charge is 0.394 e. The summed E-state index contributed by atoms with van der Waals surface area (Å²) >= 11 is 0. The van der Waals surface area contributed by atoms with Gasteiger partial charge in [0.1, 0.15) is 24.4 Å².